The summed E-state index contributed by atoms with van der Waals surface area (Å²) in [6, 6.07) is 4.78. The van der Waals surface area contributed by atoms with Crippen LogP contribution in [0.3, 0.4) is 0 Å². The molecule has 2 rings (SSSR count). The van der Waals surface area contributed by atoms with Crippen molar-refractivity contribution in [1.82, 2.24) is 4.57 Å². The predicted octanol–water partition coefficient (Wildman–Crippen LogP) is 3.06. The van der Waals surface area contributed by atoms with Crippen molar-refractivity contribution in [3.8, 4) is 0 Å². The highest BCUT2D eigenvalue weighted by atomic mass is 35.5. The van der Waals surface area contributed by atoms with Crippen LogP contribution < -0.4 is 4.80 Å². The Morgan fingerprint density at radius 2 is 2.04 bits per heavy atom. The van der Waals surface area contributed by atoms with E-state index >= 15 is 0 Å². The minimum Gasteiger partial charge on any atom is -0.310 e. The number of nitro groups is 1. The van der Waals surface area contributed by atoms with Gasteiger partial charge in [0.15, 0.2) is 0 Å². The van der Waals surface area contributed by atoms with Gasteiger partial charge in [0.1, 0.15) is 5.15 Å². The average Bonchev–Trinajstić information content (AvgIpc) is 2.75. The van der Waals surface area contributed by atoms with Crippen molar-refractivity contribution in [1.29, 1.82) is 0 Å². The van der Waals surface area contributed by atoms with Crippen LogP contribution in [0, 0.1) is 10.1 Å². The number of nitrogens with zero attached hydrogens (tertiary/aromatic N) is 3. The average molecular weight is 376 g/mol. The molecule has 0 aliphatic rings. The first-order chi connectivity index (χ1) is 10.6. The third-order valence-corrected chi connectivity index (χ3v) is 6.42. The molecular weight excluding hydrogens is 362 g/mol. The second-order valence-corrected chi connectivity index (χ2v) is 8.05. The Balaban J connectivity index is 2.60. The van der Waals surface area contributed by atoms with Crippen molar-refractivity contribution < 1.29 is 13.3 Å². The third-order valence-electron chi connectivity index (χ3n) is 3.03. The van der Waals surface area contributed by atoms with Crippen LogP contribution in [0.25, 0.3) is 0 Å². The molecule has 23 heavy (non-hydrogen) atoms. The van der Waals surface area contributed by atoms with Gasteiger partial charge in [-0.05, 0) is 12.0 Å². The van der Waals surface area contributed by atoms with Crippen LogP contribution in [-0.2, 0) is 17.1 Å². The van der Waals surface area contributed by atoms with Crippen molar-refractivity contribution in [3.63, 3.8) is 0 Å². The summed E-state index contributed by atoms with van der Waals surface area (Å²) in [5, 5.41) is 11.2. The minimum absolute atomic E-state index is 0.128. The Morgan fingerprint density at radius 3 is 2.57 bits per heavy atom. The molecule has 0 unspecified atom stereocenters. The van der Waals surface area contributed by atoms with Crippen molar-refractivity contribution >= 4 is 38.6 Å². The summed E-state index contributed by atoms with van der Waals surface area (Å²) in [7, 11) is -2.45. The smallest absolute Gasteiger partial charge is 0.285 e. The number of hydrogen-bond donors (Lipinski definition) is 0. The molecule has 0 spiro atoms. The summed E-state index contributed by atoms with van der Waals surface area (Å²) in [5.41, 5.74) is -0.308. The van der Waals surface area contributed by atoms with Crippen molar-refractivity contribution in [3.05, 3.63) is 49.2 Å². The van der Waals surface area contributed by atoms with Gasteiger partial charge in [-0.25, -0.2) is 0 Å². The molecule has 0 aliphatic heterocycles. The van der Waals surface area contributed by atoms with Crippen LogP contribution in [0.2, 0.25) is 5.15 Å². The number of halogens is 1. The zero-order valence-corrected chi connectivity index (χ0v) is 14.9. The summed E-state index contributed by atoms with van der Waals surface area (Å²) in [6.07, 6.45) is 0. The van der Waals surface area contributed by atoms with Gasteiger partial charge in [0.05, 0.1) is 9.82 Å². The lowest BCUT2D eigenvalue weighted by Gasteiger charge is -2.00. The van der Waals surface area contributed by atoms with Gasteiger partial charge in [0.2, 0.25) is 4.80 Å². The maximum atomic E-state index is 12.4. The van der Waals surface area contributed by atoms with Crippen LogP contribution in [0.4, 0.5) is 5.69 Å². The minimum atomic E-state index is -4.07. The van der Waals surface area contributed by atoms with E-state index in [1.165, 1.54) is 34.1 Å². The van der Waals surface area contributed by atoms with Crippen LogP contribution in [0.1, 0.15) is 24.6 Å². The Hall–Kier alpha value is -1.71. The lowest BCUT2D eigenvalue weighted by molar-refractivity contribution is -0.385. The van der Waals surface area contributed by atoms with E-state index in [9.17, 15) is 18.5 Å². The number of thiazole rings is 1. The zero-order valence-electron chi connectivity index (χ0n) is 12.6. The van der Waals surface area contributed by atoms with Crippen molar-refractivity contribution in [2.75, 3.05) is 0 Å². The molecule has 0 N–H and O–H groups in total. The number of nitro benzene ring substituents is 1. The largest absolute Gasteiger partial charge is 0.310 e. The fourth-order valence-corrected chi connectivity index (χ4v) is 4.55. The summed E-state index contributed by atoms with van der Waals surface area (Å²) < 4.78 is 30.0. The fraction of sp³-hybridized carbons (Fsp3) is 0.308. The maximum absolute atomic E-state index is 12.4. The van der Waals surface area contributed by atoms with Crippen molar-refractivity contribution in [2.45, 2.75) is 24.7 Å². The second kappa shape index (κ2) is 6.42. The number of non-ortho nitro benzene ring substituents is 1. The summed E-state index contributed by atoms with van der Waals surface area (Å²) >= 11 is 7.36. The van der Waals surface area contributed by atoms with E-state index in [-0.39, 0.29) is 21.3 Å². The number of sulfonamides is 1. The topological polar surface area (TPSA) is 94.6 Å². The van der Waals surface area contributed by atoms with E-state index in [0.29, 0.717) is 5.15 Å². The molecule has 2 aromatic rings. The fourth-order valence-electron chi connectivity index (χ4n) is 1.81. The van der Waals surface area contributed by atoms with E-state index in [1.807, 2.05) is 13.8 Å². The number of benzene rings is 1. The van der Waals surface area contributed by atoms with E-state index in [2.05, 4.69) is 4.40 Å². The molecule has 10 heteroatoms. The quantitative estimate of drug-likeness (QED) is 0.606. The van der Waals surface area contributed by atoms with Gasteiger partial charge >= 0.3 is 0 Å². The monoisotopic (exact) mass is 375 g/mol. The van der Waals surface area contributed by atoms with Crippen LogP contribution in [0.15, 0.2) is 33.6 Å². The van der Waals surface area contributed by atoms with Crippen LogP contribution >= 0.6 is 22.9 Å². The van der Waals surface area contributed by atoms with Gasteiger partial charge in [-0.2, -0.15) is 8.42 Å². The third kappa shape index (κ3) is 3.62. The van der Waals surface area contributed by atoms with Gasteiger partial charge < -0.3 is 4.57 Å². The highest BCUT2D eigenvalue weighted by Gasteiger charge is 2.19. The molecule has 7 nitrogen and oxygen atoms in total. The molecule has 0 bridgehead atoms. The van der Waals surface area contributed by atoms with Gasteiger partial charge in [-0.3, -0.25) is 10.1 Å². The first-order valence-corrected chi connectivity index (χ1v) is 9.17. The SMILES string of the molecule is CC(C)c1s/c(=N\S(=O)(=O)c2cccc([N+](=O)[O-])c2)n(C)c1Cl. The first-order valence-electron chi connectivity index (χ1n) is 6.54. The molecular formula is C13H14ClN3O4S2. The molecule has 0 amide bonds. The molecule has 0 atom stereocenters. The summed E-state index contributed by atoms with van der Waals surface area (Å²) in [5.74, 6) is 0.128. The van der Waals surface area contributed by atoms with E-state index in [1.54, 1.807) is 7.05 Å². The van der Waals surface area contributed by atoms with Gasteiger partial charge in [-0.1, -0.05) is 42.9 Å². The molecule has 0 saturated carbocycles. The zero-order chi connectivity index (χ0) is 17.4. The molecule has 0 saturated heterocycles. The molecule has 0 radical (unpaired) electrons. The van der Waals surface area contributed by atoms with Crippen LogP contribution in [-0.4, -0.2) is 17.9 Å². The van der Waals surface area contributed by atoms with E-state index in [4.69, 9.17) is 11.6 Å². The Kier molecular flexibility index (Phi) is 4.92. The highest BCUT2D eigenvalue weighted by Crippen LogP contribution is 2.26. The van der Waals surface area contributed by atoms with Gasteiger partial charge in [0.25, 0.3) is 15.7 Å². The normalized spacial score (nSPS) is 12.8. The Morgan fingerprint density at radius 1 is 1.39 bits per heavy atom. The molecule has 1 aromatic heterocycles. The molecule has 1 heterocycles. The number of hydrogen-bond acceptors (Lipinski definition) is 5. The molecule has 1 aromatic carbocycles. The van der Waals surface area contributed by atoms with E-state index < -0.39 is 14.9 Å². The van der Waals surface area contributed by atoms with Gasteiger partial charge in [0, 0.05) is 24.1 Å². The van der Waals surface area contributed by atoms with E-state index in [0.717, 1.165) is 10.9 Å². The first kappa shape index (κ1) is 17.6. The maximum Gasteiger partial charge on any atom is 0.285 e. The standard InChI is InChI=1S/C13H14ClN3O4S2/c1-8(2)11-12(14)16(3)13(22-11)15-23(20,21)10-6-4-5-9(7-10)17(18)19/h4-8H,1-3H3/b15-13-. The van der Waals surface area contributed by atoms with Crippen molar-refractivity contribution in [2.24, 2.45) is 11.4 Å². The Labute approximate surface area is 142 Å². The molecule has 124 valence electrons. The number of aromatic nitrogens is 1. The van der Waals surface area contributed by atoms with Crippen LogP contribution in [0.5, 0.6) is 0 Å². The molecule has 0 fully saturated rings. The second-order valence-electron chi connectivity index (χ2n) is 5.07. The molecule has 0 aliphatic carbocycles. The Bertz CT molecular complexity index is 929. The van der Waals surface area contributed by atoms with Gasteiger partial charge in [-0.15, -0.1) is 4.40 Å². The highest BCUT2D eigenvalue weighted by molar-refractivity contribution is 7.90. The lowest BCUT2D eigenvalue weighted by atomic mass is 10.2. The predicted molar refractivity (Wildman–Crippen MR) is 88.2 cm³/mol. The summed E-state index contributed by atoms with van der Waals surface area (Å²) in [6.45, 7) is 3.88. The lowest BCUT2D eigenvalue weighted by Crippen LogP contribution is -2.13. The summed E-state index contributed by atoms with van der Waals surface area (Å²) in [4.78, 5) is 10.9. The number of rotatable bonds is 4.